The normalized spacial score (nSPS) is 13.3. The van der Waals surface area contributed by atoms with E-state index in [0.717, 1.165) is 21.8 Å². The molecule has 9 nitrogen and oxygen atoms in total. The van der Waals surface area contributed by atoms with E-state index < -0.39 is 52.6 Å². The van der Waals surface area contributed by atoms with Crippen LogP contribution in [0.15, 0.2) is 72.8 Å². The number of Topliss-reactive ketones (excluding diaryl/α,β-unsaturated/α-hetero) is 1. The number of carbonyl (C=O) groups is 5. The highest BCUT2D eigenvalue weighted by Gasteiger charge is 2.53. The molecule has 3 aromatic rings. The number of esters is 2. The van der Waals surface area contributed by atoms with Gasteiger partial charge in [0.05, 0.1) is 17.7 Å². The number of imide groups is 1. The number of rotatable bonds is 11. The molecular weight excluding hydrogens is 586 g/mol. The molecule has 46 heavy (non-hydrogen) atoms. The summed E-state index contributed by atoms with van der Waals surface area (Å²) in [6, 6.07) is 20.8. The topological polar surface area (TPSA) is 116 Å². The number of ether oxygens (including phenoxy) is 3. The van der Waals surface area contributed by atoms with Crippen LogP contribution in [0.5, 0.6) is 5.75 Å². The van der Waals surface area contributed by atoms with Crippen LogP contribution in [0.2, 0.25) is 0 Å². The molecule has 0 saturated heterocycles. The van der Waals surface area contributed by atoms with Gasteiger partial charge in [0.25, 0.3) is 11.8 Å². The number of hydrogen-bond acceptors (Lipinski definition) is 8. The van der Waals surface area contributed by atoms with E-state index in [9.17, 15) is 24.0 Å². The van der Waals surface area contributed by atoms with Gasteiger partial charge in [0.15, 0.2) is 11.2 Å². The first-order chi connectivity index (χ1) is 21.5. The van der Waals surface area contributed by atoms with E-state index in [0.29, 0.717) is 6.61 Å². The van der Waals surface area contributed by atoms with Gasteiger partial charge in [0.1, 0.15) is 17.0 Å². The zero-order valence-corrected chi connectivity index (χ0v) is 27.5. The first kappa shape index (κ1) is 34.1. The average Bonchev–Trinajstić information content (AvgIpc) is 3.23. The second-order valence-corrected chi connectivity index (χ2v) is 13.3. The Bertz CT molecular complexity index is 1560. The molecule has 0 aromatic heterocycles. The van der Waals surface area contributed by atoms with Gasteiger partial charge in [-0.15, -0.1) is 0 Å². The predicted molar refractivity (Wildman–Crippen MR) is 173 cm³/mol. The third-order valence-corrected chi connectivity index (χ3v) is 7.39. The van der Waals surface area contributed by atoms with Crippen LogP contribution in [-0.2, 0) is 19.1 Å². The lowest BCUT2D eigenvalue weighted by molar-refractivity contribution is -0.186. The Balaban J connectivity index is 1.68. The Morgan fingerprint density at radius 1 is 0.674 bits per heavy atom. The maximum atomic E-state index is 14.0. The Kier molecular flexibility index (Phi) is 9.85. The molecule has 0 spiro atoms. The van der Waals surface area contributed by atoms with Crippen molar-refractivity contribution in [1.82, 2.24) is 4.90 Å². The second-order valence-electron chi connectivity index (χ2n) is 13.3. The van der Waals surface area contributed by atoms with Crippen molar-refractivity contribution < 1.29 is 38.2 Å². The number of fused-ring (bicyclic) bond motifs is 1. The van der Waals surface area contributed by atoms with Gasteiger partial charge >= 0.3 is 11.9 Å². The summed E-state index contributed by atoms with van der Waals surface area (Å²) in [5.74, 6) is -2.77. The van der Waals surface area contributed by atoms with Gasteiger partial charge in [-0.2, -0.15) is 0 Å². The Hall–Kier alpha value is -4.79. The fourth-order valence-electron chi connectivity index (χ4n) is 5.15. The molecule has 0 unspecified atom stereocenters. The SMILES string of the molecule is CCOc1ccc(-c2ccc(C(=O)CC(CCN3C(=O)c4ccccc4C3=O)(C(=O)OC(C)(C)C)C(=O)OC(C)(C)C)cc2)cc1. The quantitative estimate of drug-likeness (QED) is 0.100. The highest BCUT2D eigenvalue weighted by Crippen LogP contribution is 2.37. The van der Waals surface area contributed by atoms with E-state index in [1.165, 1.54) is 0 Å². The van der Waals surface area contributed by atoms with Crippen LogP contribution < -0.4 is 4.74 Å². The van der Waals surface area contributed by atoms with Crippen LogP contribution in [0.4, 0.5) is 0 Å². The van der Waals surface area contributed by atoms with Gasteiger partial charge in [0, 0.05) is 18.5 Å². The van der Waals surface area contributed by atoms with Crippen LogP contribution in [0, 0.1) is 5.41 Å². The van der Waals surface area contributed by atoms with Crippen LogP contribution in [0.25, 0.3) is 11.1 Å². The van der Waals surface area contributed by atoms with E-state index in [2.05, 4.69) is 0 Å². The summed E-state index contributed by atoms with van der Waals surface area (Å²) in [5.41, 5.74) is -1.67. The van der Waals surface area contributed by atoms with Crippen molar-refractivity contribution >= 4 is 29.5 Å². The number of hydrogen-bond donors (Lipinski definition) is 0. The lowest BCUT2D eigenvalue weighted by Crippen LogP contribution is -2.50. The van der Waals surface area contributed by atoms with Crippen LogP contribution in [0.3, 0.4) is 0 Å². The summed E-state index contributed by atoms with van der Waals surface area (Å²) in [6.45, 7) is 12.1. The standard InChI is InChI=1S/C37H41NO8/c1-8-44-27-19-17-25(18-20-27)24-13-15-26(16-14-24)30(39)23-37(33(42)45-35(2,3)4,34(43)46-36(5,6)7)21-22-38-31(40)28-11-9-10-12-29(28)32(38)41/h9-20H,8,21-23H2,1-7H3. The predicted octanol–water partition coefficient (Wildman–Crippen LogP) is 6.68. The number of benzene rings is 3. The van der Waals surface area contributed by atoms with E-state index in [4.69, 9.17) is 14.2 Å². The molecule has 0 aliphatic carbocycles. The molecule has 1 aliphatic rings. The molecule has 2 amide bonds. The minimum atomic E-state index is -2.15. The minimum absolute atomic E-state index is 0.233. The van der Waals surface area contributed by atoms with Gasteiger partial charge in [0.2, 0.25) is 0 Å². The number of nitrogens with zero attached hydrogens (tertiary/aromatic N) is 1. The van der Waals surface area contributed by atoms with Crippen molar-refractivity contribution in [2.24, 2.45) is 5.41 Å². The van der Waals surface area contributed by atoms with Gasteiger partial charge in [-0.1, -0.05) is 48.5 Å². The second kappa shape index (κ2) is 13.3. The van der Waals surface area contributed by atoms with Gasteiger partial charge in [-0.3, -0.25) is 28.9 Å². The van der Waals surface area contributed by atoms with Crippen molar-refractivity contribution in [3.63, 3.8) is 0 Å². The van der Waals surface area contributed by atoms with Crippen molar-refractivity contribution in [3.05, 3.63) is 89.5 Å². The minimum Gasteiger partial charge on any atom is -0.494 e. The first-order valence-corrected chi connectivity index (χ1v) is 15.3. The molecule has 1 heterocycles. The molecule has 3 aromatic carbocycles. The summed E-state index contributed by atoms with van der Waals surface area (Å²) in [6.07, 6.45) is -0.972. The van der Waals surface area contributed by atoms with Crippen LogP contribution >= 0.6 is 0 Å². The van der Waals surface area contributed by atoms with Crippen molar-refractivity contribution in [2.45, 2.75) is 72.5 Å². The summed E-state index contributed by atoms with van der Waals surface area (Å²) in [7, 11) is 0. The van der Waals surface area contributed by atoms with E-state index in [1.807, 2.05) is 31.2 Å². The van der Waals surface area contributed by atoms with Crippen molar-refractivity contribution in [3.8, 4) is 16.9 Å². The summed E-state index contributed by atoms with van der Waals surface area (Å²) in [4.78, 5) is 69.2. The molecule has 0 N–H and O–H groups in total. The maximum absolute atomic E-state index is 14.0. The number of carbonyl (C=O) groups excluding carboxylic acids is 5. The Morgan fingerprint density at radius 3 is 1.57 bits per heavy atom. The zero-order valence-electron chi connectivity index (χ0n) is 27.5. The fourth-order valence-corrected chi connectivity index (χ4v) is 5.15. The highest BCUT2D eigenvalue weighted by atomic mass is 16.6. The van der Waals surface area contributed by atoms with Crippen molar-refractivity contribution in [2.75, 3.05) is 13.2 Å². The number of ketones is 1. The molecule has 0 saturated carbocycles. The van der Waals surface area contributed by atoms with Gasteiger partial charge in [-0.05, 0) is 90.3 Å². The lowest BCUT2D eigenvalue weighted by Gasteiger charge is -2.35. The Labute approximate surface area is 269 Å². The third kappa shape index (κ3) is 7.70. The van der Waals surface area contributed by atoms with E-state index in [-0.39, 0.29) is 29.7 Å². The molecule has 0 radical (unpaired) electrons. The third-order valence-electron chi connectivity index (χ3n) is 7.39. The average molecular weight is 628 g/mol. The van der Waals surface area contributed by atoms with Gasteiger partial charge < -0.3 is 14.2 Å². The molecule has 242 valence electrons. The summed E-state index contributed by atoms with van der Waals surface area (Å²) >= 11 is 0. The molecule has 0 fully saturated rings. The highest BCUT2D eigenvalue weighted by molar-refractivity contribution is 6.21. The monoisotopic (exact) mass is 627 g/mol. The molecule has 9 heteroatoms. The summed E-state index contributed by atoms with van der Waals surface area (Å²) < 4.78 is 17.0. The number of amides is 2. The van der Waals surface area contributed by atoms with Gasteiger partial charge in [-0.25, -0.2) is 0 Å². The van der Waals surface area contributed by atoms with Crippen LogP contribution in [-0.4, -0.2) is 58.8 Å². The van der Waals surface area contributed by atoms with E-state index >= 15 is 0 Å². The smallest absolute Gasteiger partial charge is 0.324 e. The largest absolute Gasteiger partial charge is 0.494 e. The fraction of sp³-hybridized carbons (Fsp3) is 0.378. The molecule has 1 aliphatic heterocycles. The molecule has 4 rings (SSSR count). The van der Waals surface area contributed by atoms with E-state index in [1.54, 1.807) is 90.1 Å². The molecule has 0 atom stereocenters. The lowest BCUT2D eigenvalue weighted by atomic mass is 9.77. The molecular formula is C37H41NO8. The first-order valence-electron chi connectivity index (χ1n) is 15.3. The van der Waals surface area contributed by atoms with Crippen molar-refractivity contribution in [1.29, 1.82) is 0 Å². The maximum Gasteiger partial charge on any atom is 0.324 e. The molecule has 0 bridgehead atoms. The summed E-state index contributed by atoms with van der Waals surface area (Å²) in [5, 5.41) is 0. The Morgan fingerprint density at radius 2 is 1.13 bits per heavy atom. The zero-order chi connectivity index (χ0) is 33.9. The van der Waals surface area contributed by atoms with Crippen LogP contribution in [0.1, 0.15) is 92.4 Å².